The molecule has 3 aromatic carbocycles. The average molecular weight is 733 g/mol. The molecule has 1 radical (unpaired) electrons. The van der Waals surface area contributed by atoms with Gasteiger partial charge in [0.25, 0.3) is 0 Å². The molecule has 1 aliphatic heterocycles. The summed E-state index contributed by atoms with van der Waals surface area (Å²) in [6, 6.07) is 19.9. The molecule has 14 heteroatoms. The van der Waals surface area contributed by atoms with Crippen molar-refractivity contribution in [2.45, 2.75) is 56.9 Å². The van der Waals surface area contributed by atoms with E-state index in [1.165, 1.54) is 28.5 Å². The molecule has 4 rings (SSSR count). The number of thiol groups is 2. The third-order valence-corrected chi connectivity index (χ3v) is 6.37. The molecule has 1 heterocycles. The van der Waals surface area contributed by atoms with Crippen LogP contribution in [0.1, 0.15) is 36.0 Å². The second-order valence-electron chi connectivity index (χ2n) is 9.60. The van der Waals surface area contributed by atoms with E-state index in [0.29, 0.717) is 31.5 Å². The van der Waals surface area contributed by atoms with Gasteiger partial charge in [-0.15, -0.1) is 36.4 Å². The second-order valence-corrected chi connectivity index (χ2v) is 9.60. The number of rotatable bonds is 10. The third-order valence-electron chi connectivity index (χ3n) is 6.37. The van der Waals surface area contributed by atoms with Crippen LogP contribution in [0.15, 0.2) is 66.7 Å². The van der Waals surface area contributed by atoms with E-state index in [2.05, 4.69) is 58.2 Å². The number of halogens is 3. The molecule has 1 amide bonds. The number of benzene rings is 3. The topological polar surface area (TPSA) is 122 Å². The van der Waals surface area contributed by atoms with Crippen molar-refractivity contribution in [1.29, 1.82) is 0 Å². The van der Waals surface area contributed by atoms with Crippen LogP contribution < -0.4 is 5.32 Å². The Balaban J connectivity index is 0.000000444. The first kappa shape index (κ1) is 40.6. The maximum atomic E-state index is 12.7. The molecule has 44 heavy (non-hydrogen) atoms. The number of aliphatic hydroxyl groups is 3. The molecule has 1 fully saturated rings. The summed E-state index contributed by atoms with van der Waals surface area (Å²) in [6.45, 7) is 0.957. The monoisotopic (exact) mass is 732 g/mol. The maximum absolute atomic E-state index is 12.7. The molecule has 1 aliphatic rings. The normalized spacial score (nSPS) is 17.7. The Kier molecular flexibility index (Phi) is 20.5. The van der Waals surface area contributed by atoms with Crippen molar-refractivity contribution in [1.82, 2.24) is 5.32 Å². The van der Waals surface area contributed by atoms with Crippen molar-refractivity contribution in [3.05, 3.63) is 88.7 Å². The molecule has 0 saturated carbocycles. The SMILES string of the molecule is FC(F)(F)c1cccc(CCC[N-]Cc2cccc3ccccc23)c1.O=C(NCCO)OC1CC(O)CC(CO)O1.SS.[Y]. The van der Waals surface area contributed by atoms with E-state index < -0.39 is 36.3 Å². The van der Waals surface area contributed by atoms with Crippen molar-refractivity contribution in [3.63, 3.8) is 0 Å². The number of nitrogens with one attached hydrogen (secondary N) is 1. The molecular formula is C30H38F3N2O6S2Y-. The molecule has 241 valence electrons. The predicted octanol–water partition coefficient (Wildman–Crippen LogP) is 5.69. The van der Waals surface area contributed by atoms with Gasteiger partial charge in [0, 0.05) is 52.1 Å². The van der Waals surface area contributed by atoms with Crippen LogP contribution in [0.2, 0.25) is 0 Å². The minimum atomic E-state index is -4.28. The largest absolute Gasteiger partial charge is 0.658 e. The van der Waals surface area contributed by atoms with Gasteiger partial charge in [0.2, 0.25) is 6.29 Å². The Bertz CT molecular complexity index is 1240. The maximum Gasteiger partial charge on any atom is 0.416 e. The Morgan fingerprint density at radius 3 is 2.45 bits per heavy atom. The van der Waals surface area contributed by atoms with E-state index in [1.807, 2.05) is 18.2 Å². The summed E-state index contributed by atoms with van der Waals surface area (Å²) >= 11 is 6.44. The zero-order valence-electron chi connectivity index (χ0n) is 24.1. The van der Waals surface area contributed by atoms with Crippen LogP contribution in [0.4, 0.5) is 18.0 Å². The predicted molar refractivity (Wildman–Crippen MR) is 166 cm³/mol. The van der Waals surface area contributed by atoms with Gasteiger partial charge in [-0.05, 0) is 28.8 Å². The fourth-order valence-electron chi connectivity index (χ4n) is 4.39. The zero-order chi connectivity index (χ0) is 31.7. The van der Waals surface area contributed by atoms with E-state index in [-0.39, 0.29) is 58.9 Å². The standard InChI is InChI=1S/C21H19F3N.C9H17NO6.H2S2.Y/c22-21(23,24)19-11-3-6-16(14-19)7-5-13-25-15-18-10-4-9-17-8-1-2-12-20(17)18;11-2-1-10-9(14)16-8-4-6(13)3-7(5-12)15-8;1-2;/h1-4,6,8-12,14H,5,7,13,15H2;6-8,11-13H,1-5H2,(H,10,14);1-2H;/q-1;;;. The molecule has 8 nitrogen and oxygen atoms in total. The fourth-order valence-corrected chi connectivity index (χ4v) is 4.39. The van der Waals surface area contributed by atoms with Gasteiger partial charge >= 0.3 is 12.3 Å². The fraction of sp³-hybridized carbons (Fsp3) is 0.433. The smallest absolute Gasteiger partial charge is 0.416 e. The molecule has 1 saturated heterocycles. The minimum absolute atomic E-state index is 0. The molecular weight excluding hydrogens is 694 g/mol. The van der Waals surface area contributed by atoms with Crippen molar-refractivity contribution >= 4 is 40.2 Å². The van der Waals surface area contributed by atoms with Crippen LogP contribution >= 0.6 is 23.3 Å². The molecule has 0 spiro atoms. The van der Waals surface area contributed by atoms with E-state index in [4.69, 9.17) is 19.7 Å². The average Bonchev–Trinajstić information content (AvgIpc) is 3.00. The number of carbonyl (C=O) groups excluding carboxylic acids is 1. The number of alkyl halides is 3. The Morgan fingerprint density at radius 2 is 1.75 bits per heavy atom. The summed E-state index contributed by atoms with van der Waals surface area (Å²) in [6.07, 6.45) is -5.17. The summed E-state index contributed by atoms with van der Waals surface area (Å²) < 4.78 is 48.2. The van der Waals surface area contributed by atoms with Gasteiger partial charge < -0.3 is 35.4 Å². The Morgan fingerprint density at radius 1 is 1.05 bits per heavy atom. The first-order valence-corrected chi connectivity index (χ1v) is 15.3. The number of aliphatic hydroxyl groups excluding tert-OH is 3. The van der Waals surface area contributed by atoms with Gasteiger partial charge in [0.15, 0.2) is 0 Å². The van der Waals surface area contributed by atoms with Crippen LogP contribution in [0.5, 0.6) is 0 Å². The van der Waals surface area contributed by atoms with Crippen LogP contribution in [0.25, 0.3) is 16.1 Å². The number of carbonyl (C=O) groups is 1. The molecule has 0 aromatic heterocycles. The van der Waals surface area contributed by atoms with Crippen molar-refractivity contribution in [3.8, 4) is 0 Å². The second kappa shape index (κ2) is 22.2. The van der Waals surface area contributed by atoms with Crippen LogP contribution in [0, 0.1) is 0 Å². The number of amides is 1. The number of alkyl carbamates (subject to hydrolysis) is 1. The van der Waals surface area contributed by atoms with E-state index in [0.717, 1.165) is 12.5 Å². The van der Waals surface area contributed by atoms with Gasteiger partial charge in [-0.1, -0.05) is 72.6 Å². The first-order valence-electron chi connectivity index (χ1n) is 13.7. The minimum Gasteiger partial charge on any atom is -0.658 e. The molecule has 4 N–H and O–H groups in total. The Labute approximate surface area is 291 Å². The van der Waals surface area contributed by atoms with Gasteiger partial charge in [-0.25, -0.2) is 4.79 Å². The van der Waals surface area contributed by atoms with E-state index >= 15 is 0 Å². The van der Waals surface area contributed by atoms with Gasteiger partial charge in [-0.3, -0.25) is 0 Å². The van der Waals surface area contributed by atoms with E-state index in [9.17, 15) is 23.1 Å². The Hall–Kier alpha value is -1.42. The van der Waals surface area contributed by atoms with Crippen molar-refractivity contribution in [2.24, 2.45) is 0 Å². The number of hydrogen-bond acceptors (Lipinski definition) is 8. The number of nitrogens with zero attached hydrogens (tertiary/aromatic N) is 1. The van der Waals surface area contributed by atoms with E-state index in [1.54, 1.807) is 6.07 Å². The number of ether oxygens (including phenoxy) is 2. The molecule has 3 atom stereocenters. The van der Waals surface area contributed by atoms with Gasteiger partial charge in [0.05, 0.1) is 31.0 Å². The summed E-state index contributed by atoms with van der Waals surface area (Å²) in [7, 11) is 0. The quantitative estimate of drug-likeness (QED) is 0.0906. The zero-order valence-corrected chi connectivity index (χ0v) is 28.7. The van der Waals surface area contributed by atoms with Crippen LogP contribution in [-0.4, -0.2) is 66.2 Å². The summed E-state index contributed by atoms with van der Waals surface area (Å²) in [5.41, 5.74) is 1.30. The number of hydrogen-bond donors (Lipinski definition) is 6. The number of aryl methyl sites for hydroxylation is 1. The molecule has 0 bridgehead atoms. The van der Waals surface area contributed by atoms with Gasteiger partial charge in [-0.2, -0.15) is 13.2 Å². The summed E-state index contributed by atoms with van der Waals surface area (Å²) in [5, 5.41) is 36.0. The van der Waals surface area contributed by atoms with Crippen molar-refractivity contribution < 1.29 is 75.5 Å². The van der Waals surface area contributed by atoms with Gasteiger partial charge in [0.1, 0.15) is 0 Å². The summed E-state index contributed by atoms with van der Waals surface area (Å²) in [4.78, 5) is 11.1. The van der Waals surface area contributed by atoms with Crippen molar-refractivity contribution in [2.75, 3.05) is 26.3 Å². The summed E-state index contributed by atoms with van der Waals surface area (Å²) in [5.74, 6) is 0. The number of fused-ring (bicyclic) bond motifs is 1. The third kappa shape index (κ3) is 14.8. The molecule has 3 unspecified atom stereocenters. The molecule has 0 aliphatic carbocycles. The molecule has 3 aromatic rings. The first-order chi connectivity index (χ1) is 20.7. The van der Waals surface area contributed by atoms with Crippen LogP contribution in [-0.2, 0) is 61.3 Å². The van der Waals surface area contributed by atoms with Crippen LogP contribution in [0.3, 0.4) is 0 Å².